The molecule has 0 saturated carbocycles. The fourth-order valence-corrected chi connectivity index (χ4v) is 4.27. The van der Waals surface area contributed by atoms with Crippen molar-refractivity contribution in [3.8, 4) is 11.5 Å². The van der Waals surface area contributed by atoms with Gasteiger partial charge in [-0.1, -0.05) is 49.4 Å². The summed E-state index contributed by atoms with van der Waals surface area (Å²) >= 11 is 0. The lowest BCUT2D eigenvalue weighted by atomic mass is 9.74. The first kappa shape index (κ1) is 30.6. The van der Waals surface area contributed by atoms with Gasteiger partial charge in [0, 0.05) is 30.0 Å². The molecule has 1 unspecified atom stereocenters. The number of hydrogen-bond donors (Lipinski definition) is 2. The number of halogens is 7. The van der Waals surface area contributed by atoms with Crippen molar-refractivity contribution < 1.29 is 50.5 Å². The van der Waals surface area contributed by atoms with Gasteiger partial charge >= 0.3 is 18.0 Å². The van der Waals surface area contributed by atoms with Crippen LogP contribution in [0.3, 0.4) is 0 Å². The Hall–Kier alpha value is -3.89. The Morgan fingerprint density at radius 2 is 1.18 bits per heavy atom. The van der Waals surface area contributed by atoms with Gasteiger partial charge < -0.3 is 10.2 Å². The van der Waals surface area contributed by atoms with Crippen LogP contribution in [-0.2, 0) is 39.7 Å². The zero-order valence-corrected chi connectivity index (χ0v) is 21.5. The van der Waals surface area contributed by atoms with E-state index >= 15 is 8.78 Å². The normalized spacial score (nSPS) is 14.1. The number of carbonyl (C=O) groups excluding carboxylic acids is 2. The Kier molecular flexibility index (Phi) is 8.11. The maximum absolute atomic E-state index is 15.1. The lowest BCUT2D eigenvalue weighted by Crippen LogP contribution is -2.40. The first-order valence-electron chi connectivity index (χ1n) is 12.0. The molecule has 0 bridgehead atoms. The molecule has 4 nitrogen and oxygen atoms in total. The van der Waals surface area contributed by atoms with Gasteiger partial charge in [0.05, 0.1) is 0 Å². The average Bonchev–Trinajstić information content (AvgIpc) is 2.88. The monoisotopic (exact) mass is 570 g/mol. The van der Waals surface area contributed by atoms with E-state index < -0.39 is 69.4 Å². The number of hydrogen-bond acceptors (Lipinski definition) is 4. The van der Waals surface area contributed by atoms with Crippen molar-refractivity contribution in [3.63, 3.8) is 0 Å². The van der Waals surface area contributed by atoms with E-state index in [2.05, 4.69) is 0 Å². The van der Waals surface area contributed by atoms with Crippen LogP contribution in [0.1, 0.15) is 54.2 Å². The molecule has 0 heterocycles. The van der Waals surface area contributed by atoms with Crippen LogP contribution in [0.5, 0.6) is 11.5 Å². The minimum atomic E-state index is -4.93. The summed E-state index contributed by atoms with van der Waals surface area (Å²) in [6.45, 7) is 3.04. The van der Waals surface area contributed by atoms with Crippen molar-refractivity contribution in [1.82, 2.24) is 0 Å². The van der Waals surface area contributed by atoms with Gasteiger partial charge in [-0.2, -0.15) is 30.7 Å². The van der Waals surface area contributed by atoms with E-state index in [0.29, 0.717) is 19.1 Å². The Labute approximate surface area is 225 Å². The molecule has 3 aromatic rings. The second-order valence-corrected chi connectivity index (χ2v) is 9.55. The molecule has 0 radical (unpaired) electrons. The average molecular weight is 571 g/mol. The van der Waals surface area contributed by atoms with E-state index in [1.807, 2.05) is 0 Å². The van der Waals surface area contributed by atoms with Crippen LogP contribution < -0.4 is 0 Å². The molecule has 3 aromatic carbocycles. The Bertz CT molecular complexity index is 1450. The van der Waals surface area contributed by atoms with Crippen LogP contribution in [0.4, 0.5) is 30.7 Å². The van der Waals surface area contributed by atoms with Crippen molar-refractivity contribution in [2.75, 3.05) is 0 Å². The van der Waals surface area contributed by atoms with Crippen molar-refractivity contribution in [3.05, 3.63) is 94.0 Å². The summed E-state index contributed by atoms with van der Waals surface area (Å²) in [6.07, 6.45) is -5.94. The summed E-state index contributed by atoms with van der Waals surface area (Å²) in [5, 5.41) is 20.2. The molecule has 0 spiro atoms. The molecule has 0 aliphatic heterocycles. The van der Waals surface area contributed by atoms with E-state index in [1.165, 1.54) is 6.07 Å². The van der Waals surface area contributed by atoms with Crippen LogP contribution in [0, 0.1) is 0 Å². The minimum Gasteiger partial charge on any atom is -0.508 e. The number of carbonyl (C=O) groups is 2. The lowest BCUT2D eigenvalue weighted by Gasteiger charge is -2.34. The predicted octanol–water partition coefficient (Wildman–Crippen LogP) is 7.11. The summed E-state index contributed by atoms with van der Waals surface area (Å²) in [5.41, 5.74) is -5.99. The number of benzene rings is 3. The third-order valence-corrected chi connectivity index (χ3v) is 6.99. The first-order valence-corrected chi connectivity index (χ1v) is 12.0. The number of phenols is 2. The number of aromatic hydroxyl groups is 2. The topological polar surface area (TPSA) is 74.6 Å². The number of aryl methyl sites for hydroxylation is 1. The lowest BCUT2D eigenvalue weighted by molar-refractivity contribution is -0.173. The summed E-state index contributed by atoms with van der Waals surface area (Å²) in [5.74, 6) is -12.9. The highest BCUT2D eigenvalue weighted by atomic mass is 19.4. The second-order valence-electron chi connectivity index (χ2n) is 9.55. The van der Waals surface area contributed by atoms with Crippen molar-refractivity contribution in [2.45, 2.75) is 57.0 Å². The summed E-state index contributed by atoms with van der Waals surface area (Å²) in [7, 11) is 0. The van der Waals surface area contributed by atoms with Crippen molar-refractivity contribution in [2.24, 2.45) is 0 Å². The zero-order valence-electron chi connectivity index (χ0n) is 21.5. The minimum absolute atomic E-state index is 0.208. The number of alkyl halides is 7. The molecule has 40 heavy (non-hydrogen) atoms. The molecule has 0 aromatic heterocycles. The number of rotatable bonds is 9. The quantitative estimate of drug-likeness (QED) is 0.269. The molecule has 0 aliphatic rings. The molecule has 3 rings (SSSR count). The van der Waals surface area contributed by atoms with Gasteiger partial charge in [-0.15, -0.1) is 0 Å². The molecule has 1 atom stereocenters. The highest BCUT2D eigenvalue weighted by Gasteiger charge is 2.54. The van der Waals surface area contributed by atoms with Crippen LogP contribution >= 0.6 is 0 Å². The van der Waals surface area contributed by atoms with Gasteiger partial charge in [0.25, 0.3) is 0 Å². The number of ketones is 2. The Balaban J connectivity index is 2.05. The maximum Gasteiger partial charge on any atom is 0.402 e. The molecule has 2 N–H and O–H groups in total. The van der Waals surface area contributed by atoms with E-state index in [0.717, 1.165) is 49.4 Å². The SMILES string of the molecule is CCc1cc(C(C)(c2ccc(O)c(CC(=O)C(F)(F)c3cccc(C(F)(F)C(C)=O)c3)c2)C(F)(F)F)ccc1O. The molecule has 0 saturated heterocycles. The smallest absolute Gasteiger partial charge is 0.402 e. The molecule has 0 aliphatic carbocycles. The summed E-state index contributed by atoms with van der Waals surface area (Å²) < 4.78 is 102. The molecule has 0 amide bonds. The zero-order chi connectivity index (χ0) is 30.3. The second kappa shape index (κ2) is 10.6. The van der Waals surface area contributed by atoms with Crippen molar-refractivity contribution >= 4 is 11.6 Å². The van der Waals surface area contributed by atoms with Crippen LogP contribution in [0.15, 0.2) is 60.7 Å². The van der Waals surface area contributed by atoms with E-state index in [9.17, 15) is 41.8 Å². The summed E-state index contributed by atoms with van der Waals surface area (Å²) in [4.78, 5) is 23.9. The third-order valence-electron chi connectivity index (χ3n) is 6.99. The summed E-state index contributed by atoms with van der Waals surface area (Å²) in [6, 6.07) is 8.48. The van der Waals surface area contributed by atoms with Gasteiger partial charge in [-0.05, 0) is 48.2 Å². The molecule has 214 valence electrons. The fourth-order valence-electron chi connectivity index (χ4n) is 4.27. The van der Waals surface area contributed by atoms with Gasteiger partial charge in [-0.25, -0.2) is 0 Å². The number of Topliss-reactive ketones (excluding diaryl/α,β-unsaturated/α-hetero) is 2. The van der Waals surface area contributed by atoms with Gasteiger partial charge in [0.15, 0.2) is 0 Å². The third kappa shape index (κ3) is 5.41. The predicted molar refractivity (Wildman–Crippen MR) is 132 cm³/mol. The standard InChI is InChI=1S/C29H25F7O4/c1-4-17-12-19(8-10-23(17)38)26(3,29(34,35)36)20-9-11-24(39)18(13-20)14-25(40)28(32,33)22-7-5-6-21(15-22)27(30,31)16(2)37/h5-13,15,38-39H,4,14H2,1-3H3. The van der Waals surface area contributed by atoms with E-state index in [4.69, 9.17) is 0 Å². The van der Waals surface area contributed by atoms with Crippen LogP contribution in [-0.4, -0.2) is 28.0 Å². The van der Waals surface area contributed by atoms with Gasteiger partial charge in [0.2, 0.25) is 11.6 Å². The van der Waals surface area contributed by atoms with Gasteiger partial charge in [0.1, 0.15) is 16.9 Å². The molecule has 0 fully saturated rings. The number of phenolic OH excluding ortho intramolecular Hbond substituents is 2. The van der Waals surface area contributed by atoms with E-state index in [-0.39, 0.29) is 23.3 Å². The van der Waals surface area contributed by atoms with Gasteiger partial charge in [-0.3, -0.25) is 9.59 Å². The van der Waals surface area contributed by atoms with E-state index in [1.54, 1.807) is 6.92 Å². The molecular formula is C29H25F7O4. The Morgan fingerprint density at radius 1 is 0.700 bits per heavy atom. The molecule has 11 heteroatoms. The Morgan fingerprint density at radius 3 is 1.65 bits per heavy atom. The fraction of sp³-hybridized carbons (Fsp3) is 0.310. The van der Waals surface area contributed by atoms with Crippen LogP contribution in [0.25, 0.3) is 0 Å². The largest absolute Gasteiger partial charge is 0.508 e. The first-order chi connectivity index (χ1) is 18.4. The highest BCUT2D eigenvalue weighted by molar-refractivity contribution is 5.89. The van der Waals surface area contributed by atoms with Crippen molar-refractivity contribution in [1.29, 1.82) is 0 Å². The molecular weight excluding hydrogens is 545 g/mol. The maximum atomic E-state index is 15.1. The highest BCUT2D eigenvalue weighted by Crippen LogP contribution is 2.48. The van der Waals surface area contributed by atoms with Crippen LogP contribution in [0.2, 0.25) is 0 Å².